The van der Waals surface area contributed by atoms with Gasteiger partial charge in [-0.25, -0.2) is 8.78 Å². The second kappa shape index (κ2) is 6.55. The Bertz CT molecular complexity index is 307. The largest absolute Gasteiger partial charge is 0.313 e. The Morgan fingerprint density at radius 2 is 1.75 bits per heavy atom. The van der Waals surface area contributed by atoms with Crippen molar-refractivity contribution in [1.82, 2.24) is 10.6 Å². The average Bonchev–Trinajstić information content (AvgIpc) is 2.21. The van der Waals surface area contributed by atoms with Gasteiger partial charge in [0, 0.05) is 31.2 Å². The quantitative estimate of drug-likeness (QED) is 0.728. The fraction of sp³-hybridized carbons (Fsp3) is 0.500. The summed E-state index contributed by atoms with van der Waals surface area (Å²) in [4.78, 5) is 0. The molecule has 1 aromatic carbocycles. The minimum Gasteiger partial charge on any atom is -0.313 e. The molecule has 0 aromatic heterocycles. The summed E-state index contributed by atoms with van der Waals surface area (Å²) in [5, 5.41) is 6.21. The van der Waals surface area contributed by atoms with Gasteiger partial charge < -0.3 is 10.6 Å². The molecule has 0 aliphatic carbocycles. The van der Waals surface area contributed by atoms with Crippen molar-refractivity contribution in [2.75, 3.05) is 13.1 Å². The van der Waals surface area contributed by atoms with Gasteiger partial charge in [-0.2, -0.15) is 0 Å². The topological polar surface area (TPSA) is 24.1 Å². The number of hydrogen-bond donors (Lipinski definition) is 2. The fourth-order valence-corrected chi connectivity index (χ4v) is 1.36. The Labute approximate surface area is 95.1 Å². The zero-order valence-electron chi connectivity index (χ0n) is 9.69. The van der Waals surface area contributed by atoms with Crippen LogP contribution in [0.2, 0.25) is 0 Å². The van der Waals surface area contributed by atoms with E-state index in [4.69, 9.17) is 0 Å². The third-order valence-corrected chi connectivity index (χ3v) is 2.22. The first kappa shape index (κ1) is 13.1. The molecule has 0 aliphatic heterocycles. The van der Waals surface area contributed by atoms with Gasteiger partial charge in [0.2, 0.25) is 0 Å². The smallest absolute Gasteiger partial charge is 0.130 e. The van der Waals surface area contributed by atoms with Gasteiger partial charge >= 0.3 is 0 Å². The maximum Gasteiger partial charge on any atom is 0.130 e. The predicted octanol–water partition coefficient (Wildman–Crippen LogP) is 2.05. The molecule has 16 heavy (non-hydrogen) atoms. The summed E-state index contributed by atoms with van der Waals surface area (Å²) < 4.78 is 26.4. The Kier molecular flexibility index (Phi) is 5.35. The number of rotatable bonds is 6. The monoisotopic (exact) mass is 228 g/mol. The summed E-state index contributed by atoms with van der Waals surface area (Å²) in [5.41, 5.74) is 0.104. The molecule has 4 heteroatoms. The number of benzene rings is 1. The Morgan fingerprint density at radius 3 is 2.31 bits per heavy atom. The summed E-state index contributed by atoms with van der Waals surface area (Å²) >= 11 is 0. The minimum absolute atomic E-state index is 0.104. The van der Waals surface area contributed by atoms with E-state index in [1.165, 1.54) is 18.2 Å². The molecular formula is C12H18F2N2. The molecule has 1 rings (SSSR count). The van der Waals surface area contributed by atoms with E-state index in [2.05, 4.69) is 24.5 Å². The van der Waals surface area contributed by atoms with Crippen molar-refractivity contribution >= 4 is 0 Å². The van der Waals surface area contributed by atoms with Gasteiger partial charge in [0.25, 0.3) is 0 Å². The summed E-state index contributed by atoms with van der Waals surface area (Å²) in [6, 6.07) is 4.33. The standard InChI is InChI=1S/C12H18F2N2/c1-9(2)16-7-6-15-8-10-11(13)4-3-5-12(10)14/h3-5,9,15-16H,6-8H2,1-2H3. The molecular weight excluding hydrogens is 210 g/mol. The van der Waals surface area contributed by atoms with Crippen molar-refractivity contribution in [1.29, 1.82) is 0 Å². The third-order valence-electron chi connectivity index (χ3n) is 2.22. The molecule has 1 aromatic rings. The Morgan fingerprint density at radius 1 is 1.12 bits per heavy atom. The van der Waals surface area contributed by atoms with E-state index in [1.807, 2.05) is 0 Å². The summed E-state index contributed by atoms with van der Waals surface area (Å²) in [6.07, 6.45) is 0. The lowest BCUT2D eigenvalue weighted by Gasteiger charge is -2.09. The highest BCUT2D eigenvalue weighted by Crippen LogP contribution is 2.10. The second-order valence-corrected chi connectivity index (χ2v) is 3.99. The molecule has 0 unspecified atom stereocenters. The van der Waals surface area contributed by atoms with Crippen molar-refractivity contribution in [2.45, 2.75) is 26.4 Å². The molecule has 0 saturated carbocycles. The third kappa shape index (κ3) is 4.24. The molecule has 2 nitrogen and oxygen atoms in total. The van der Waals surface area contributed by atoms with Crippen molar-refractivity contribution in [3.05, 3.63) is 35.4 Å². The van der Waals surface area contributed by atoms with Crippen LogP contribution in [0.5, 0.6) is 0 Å². The molecule has 0 heterocycles. The minimum atomic E-state index is -0.496. The highest BCUT2D eigenvalue weighted by atomic mass is 19.1. The van der Waals surface area contributed by atoms with Crippen LogP contribution in [0.1, 0.15) is 19.4 Å². The second-order valence-electron chi connectivity index (χ2n) is 3.99. The van der Waals surface area contributed by atoms with E-state index in [0.29, 0.717) is 12.6 Å². The van der Waals surface area contributed by atoms with E-state index in [1.54, 1.807) is 0 Å². The SMILES string of the molecule is CC(C)NCCNCc1c(F)cccc1F. The first-order valence-corrected chi connectivity index (χ1v) is 5.48. The van der Waals surface area contributed by atoms with Crippen molar-refractivity contribution in [2.24, 2.45) is 0 Å². The number of hydrogen-bond acceptors (Lipinski definition) is 2. The van der Waals surface area contributed by atoms with Crippen LogP contribution in [0, 0.1) is 11.6 Å². The Hall–Kier alpha value is -1.00. The van der Waals surface area contributed by atoms with Crippen molar-refractivity contribution < 1.29 is 8.78 Å². The first-order valence-electron chi connectivity index (χ1n) is 5.48. The molecule has 0 aliphatic rings. The molecule has 0 radical (unpaired) electrons. The average molecular weight is 228 g/mol. The normalized spacial score (nSPS) is 11.1. The molecule has 90 valence electrons. The van der Waals surface area contributed by atoms with Crippen molar-refractivity contribution in [3.8, 4) is 0 Å². The van der Waals surface area contributed by atoms with E-state index < -0.39 is 11.6 Å². The summed E-state index contributed by atoms with van der Waals surface area (Å²) in [6.45, 7) is 5.80. The summed E-state index contributed by atoms with van der Waals surface area (Å²) in [5.74, 6) is -0.992. The number of nitrogens with one attached hydrogen (secondary N) is 2. The number of halogens is 2. The highest BCUT2D eigenvalue weighted by molar-refractivity contribution is 5.19. The molecule has 0 amide bonds. The van der Waals surface area contributed by atoms with E-state index in [-0.39, 0.29) is 12.1 Å². The molecule has 0 atom stereocenters. The maximum absolute atomic E-state index is 13.2. The zero-order chi connectivity index (χ0) is 12.0. The van der Waals surface area contributed by atoms with Gasteiger partial charge in [-0.05, 0) is 12.1 Å². The zero-order valence-corrected chi connectivity index (χ0v) is 9.69. The summed E-state index contributed by atoms with van der Waals surface area (Å²) in [7, 11) is 0. The first-order chi connectivity index (χ1) is 7.61. The van der Waals surface area contributed by atoms with Gasteiger partial charge in [0.05, 0.1) is 0 Å². The van der Waals surface area contributed by atoms with E-state index in [0.717, 1.165) is 6.54 Å². The van der Waals surface area contributed by atoms with Crippen LogP contribution in [0.15, 0.2) is 18.2 Å². The predicted molar refractivity (Wildman–Crippen MR) is 61.2 cm³/mol. The molecule has 0 bridgehead atoms. The van der Waals surface area contributed by atoms with Crippen LogP contribution >= 0.6 is 0 Å². The van der Waals surface area contributed by atoms with E-state index >= 15 is 0 Å². The van der Waals surface area contributed by atoms with Crippen LogP contribution in [-0.4, -0.2) is 19.1 Å². The van der Waals surface area contributed by atoms with Gasteiger partial charge in [-0.3, -0.25) is 0 Å². The lowest BCUT2D eigenvalue weighted by Crippen LogP contribution is -2.31. The van der Waals surface area contributed by atoms with Crippen LogP contribution in [0.3, 0.4) is 0 Å². The van der Waals surface area contributed by atoms with Crippen molar-refractivity contribution in [3.63, 3.8) is 0 Å². The lowest BCUT2D eigenvalue weighted by atomic mass is 10.2. The molecule has 0 saturated heterocycles. The van der Waals surface area contributed by atoms with Gasteiger partial charge in [0.15, 0.2) is 0 Å². The van der Waals surface area contributed by atoms with Crippen LogP contribution in [0.4, 0.5) is 8.78 Å². The molecule has 2 N–H and O–H groups in total. The fourth-order valence-electron chi connectivity index (χ4n) is 1.36. The molecule has 0 spiro atoms. The van der Waals surface area contributed by atoms with Crippen LogP contribution in [-0.2, 0) is 6.54 Å². The van der Waals surface area contributed by atoms with Gasteiger partial charge in [0.1, 0.15) is 11.6 Å². The van der Waals surface area contributed by atoms with E-state index in [9.17, 15) is 8.78 Å². The molecule has 0 fully saturated rings. The maximum atomic E-state index is 13.2. The van der Waals surface area contributed by atoms with Crippen LogP contribution in [0.25, 0.3) is 0 Å². The van der Waals surface area contributed by atoms with Gasteiger partial charge in [-0.15, -0.1) is 0 Å². The van der Waals surface area contributed by atoms with Gasteiger partial charge in [-0.1, -0.05) is 19.9 Å². The highest BCUT2D eigenvalue weighted by Gasteiger charge is 2.06. The van der Waals surface area contributed by atoms with Crippen LogP contribution < -0.4 is 10.6 Å². The lowest BCUT2D eigenvalue weighted by molar-refractivity contribution is 0.519. The Balaban J connectivity index is 2.32.